The Bertz CT molecular complexity index is 1320. The summed E-state index contributed by atoms with van der Waals surface area (Å²) in [4.78, 5) is 23.7. The number of carbonyl (C=O) groups is 1. The molecule has 0 atom stereocenters. The van der Waals surface area contributed by atoms with Crippen molar-refractivity contribution in [1.29, 1.82) is 0 Å². The Labute approximate surface area is 197 Å². The van der Waals surface area contributed by atoms with Crippen LogP contribution < -0.4 is 5.73 Å². The number of aromatic nitrogens is 2. The summed E-state index contributed by atoms with van der Waals surface area (Å²) < 4.78 is 13.9. The normalized spacial score (nSPS) is 12.3. The fourth-order valence-electron chi connectivity index (χ4n) is 4.04. The van der Waals surface area contributed by atoms with Crippen molar-refractivity contribution < 1.29 is 9.18 Å². The van der Waals surface area contributed by atoms with Gasteiger partial charge in [-0.3, -0.25) is 4.79 Å². The van der Waals surface area contributed by atoms with Gasteiger partial charge in [0.1, 0.15) is 11.5 Å². The largest absolute Gasteiger partial charge is 0.368 e. The van der Waals surface area contributed by atoms with Gasteiger partial charge in [-0.05, 0) is 52.1 Å². The fraction of sp³-hybridized carbons (Fsp3) is 0.192. The third-order valence-corrected chi connectivity index (χ3v) is 5.86. The maximum Gasteiger partial charge on any atom is 0.273 e. The SMILES string of the molecule is CC.Nc1nc(C(=O)N2Cc3ccccc3C2)c2cc(-c3cc(F)ccc3CCl)ccc2n1. The summed E-state index contributed by atoms with van der Waals surface area (Å²) in [5, 5.41) is 0.567. The predicted molar refractivity (Wildman–Crippen MR) is 130 cm³/mol. The van der Waals surface area contributed by atoms with Gasteiger partial charge in [-0.2, -0.15) is 0 Å². The number of carbonyl (C=O) groups excluding carboxylic acids is 1. The third kappa shape index (κ3) is 4.39. The molecule has 0 fully saturated rings. The van der Waals surface area contributed by atoms with E-state index in [-0.39, 0.29) is 29.2 Å². The van der Waals surface area contributed by atoms with Crippen molar-refractivity contribution in [2.75, 3.05) is 5.73 Å². The average molecular weight is 463 g/mol. The van der Waals surface area contributed by atoms with Crippen LogP contribution in [0.15, 0.2) is 60.7 Å². The Hall–Kier alpha value is -3.51. The Kier molecular flexibility index (Phi) is 6.56. The molecular formula is C26H24ClFN4O. The van der Waals surface area contributed by atoms with Crippen molar-refractivity contribution >= 4 is 34.4 Å². The van der Waals surface area contributed by atoms with Crippen molar-refractivity contribution in [1.82, 2.24) is 14.9 Å². The van der Waals surface area contributed by atoms with E-state index in [4.69, 9.17) is 17.3 Å². The van der Waals surface area contributed by atoms with Crippen LogP contribution in [0.25, 0.3) is 22.0 Å². The molecule has 1 aromatic heterocycles. The van der Waals surface area contributed by atoms with Gasteiger partial charge in [0.15, 0.2) is 0 Å². The Balaban J connectivity index is 0.00000126. The molecule has 0 bridgehead atoms. The van der Waals surface area contributed by atoms with E-state index in [1.807, 2.05) is 44.2 Å². The molecule has 5 rings (SSSR count). The molecule has 168 valence electrons. The fourth-order valence-corrected chi connectivity index (χ4v) is 4.27. The number of halogens is 2. The van der Waals surface area contributed by atoms with E-state index in [0.717, 1.165) is 22.3 Å². The molecule has 1 aliphatic heterocycles. The molecule has 0 aliphatic carbocycles. The minimum atomic E-state index is -0.358. The van der Waals surface area contributed by atoms with Gasteiger partial charge in [0.05, 0.1) is 5.52 Å². The number of fused-ring (bicyclic) bond motifs is 2. The highest BCUT2D eigenvalue weighted by Crippen LogP contribution is 2.31. The standard InChI is InChI=1S/C24H18ClFN4O.C2H6/c25-11-15-5-7-18(26)10-19(15)14-6-8-21-20(9-14)22(29-24(27)28-21)23(31)30-12-16-3-1-2-4-17(16)13-30;1-2/h1-10H,11-13H2,(H2,27,28,29);1-2H3. The molecule has 0 spiro atoms. The summed E-state index contributed by atoms with van der Waals surface area (Å²) in [7, 11) is 0. The predicted octanol–water partition coefficient (Wildman–Crippen LogP) is 5.94. The van der Waals surface area contributed by atoms with E-state index >= 15 is 0 Å². The van der Waals surface area contributed by atoms with Crippen LogP contribution in [-0.2, 0) is 19.0 Å². The summed E-state index contributed by atoms with van der Waals surface area (Å²) in [5.74, 6) is -0.301. The van der Waals surface area contributed by atoms with Crippen molar-refractivity contribution in [2.45, 2.75) is 32.8 Å². The zero-order valence-corrected chi connectivity index (χ0v) is 19.2. The first-order chi connectivity index (χ1) is 16.0. The summed E-state index contributed by atoms with van der Waals surface area (Å²) in [6.07, 6.45) is 0. The number of nitrogen functional groups attached to an aromatic ring is 1. The molecule has 0 radical (unpaired) electrons. The highest BCUT2D eigenvalue weighted by molar-refractivity contribution is 6.17. The molecule has 0 saturated heterocycles. The lowest BCUT2D eigenvalue weighted by Crippen LogP contribution is -2.27. The quantitative estimate of drug-likeness (QED) is 0.382. The minimum Gasteiger partial charge on any atom is -0.368 e. The number of hydrogen-bond donors (Lipinski definition) is 1. The Morgan fingerprint density at radius 2 is 1.73 bits per heavy atom. The maximum absolute atomic E-state index is 13.9. The monoisotopic (exact) mass is 462 g/mol. The highest BCUT2D eigenvalue weighted by atomic mass is 35.5. The van der Waals surface area contributed by atoms with Gasteiger partial charge in [-0.15, -0.1) is 11.6 Å². The third-order valence-electron chi connectivity index (χ3n) is 5.57. The molecule has 1 aliphatic rings. The van der Waals surface area contributed by atoms with Crippen molar-refractivity contribution in [3.05, 3.63) is 88.9 Å². The van der Waals surface area contributed by atoms with E-state index in [1.54, 1.807) is 23.1 Å². The van der Waals surface area contributed by atoms with Crippen LogP contribution >= 0.6 is 11.6 Å². The molecule has 0 unspecified atom stereocenters. The summed E-state index contributed by atoms with van der Waals surface area (Å²) in [6.45, 7) is 5.03. The topological polar surface area (TPSA) is 72.1 Å². The van der Waals surface area contributed by atoms with Crippen molar-refractivity contribution in [3.63, 3.8) is 0 Å². The maximum atomic E-state index is 13.9. The van der Waals surface area contributed by atoms with Gasteiger partial charge in [0, 0.05) is 24.4 Å². The second-order valence-electron chi connectivity index (χ2n) is 7.53. The first-order valence-corrected chi connectivity index (χ1v) is 11.3. The second-order valence-corrected chi connectivity index (χ2v) is 7.79. The van der Waals surface area contributed by atoms with Crippen LogP contribution in [0.4, 0.5) is 10.3 Å². The average Bonchev–Trinajstić information content (AvgIpc) is 3.28. The number of benzene rings is 3. The number of amides is 1. The molecule has 0 saturated carbocycles. The van der Waals surface area contributed by atoms with Gasteiger partial charge < -0.3 is 10.6 Å². The molecule has 33 heavy (non-hydrogen) atoms. The van der Waals surface area contributed by atoms with E-state index in [1.165, 1.54) is 12.1 Å². The van der Waals surface area contributed by atoms with Crippen LogP contribution in [0.5, 0.6) is 0 Å². The first-order valence-electron chi connectivity index (χ1n) is 10.8. The lowest BCUT2D eigenvalue weighted by atomic mass is 9.98. The van der Waals surface area contributed by atoms with Gasteiger partial charge in [-0.1, -0.05) is 50.2 Å². The number of anilines is 1. The van der Waals surface area contributed by atoms with E-state index < -0.39 is 0 Å². The van der Waals surface area contributed by atoms with Gasteiger partial charge in [0.25, 0.3) is 5.91 Å². The van der Waals surface area contributed by atoms with Gasteiger partial charge >= 0.3 is 0 Å². The summed E-state index contributed by atoms with van der Waals surface area (Å²) in [6, 6.07) is 17.8. The number of nitrogens with two attached hydrogens (primary N) is 1. The number of hydrogen-bond acceptors (Lipinski definition) is 4. The Morgan fingerprint density at radius 3 is 2.39 bits per heavy atom. The lowest BCUT2D eigenvalue weighted by Gasteiger charge is -2.17. The molecule has 3 aromatic carbocycles. The van der Waals surface area contributed by atoms with E-state index in [9.17, 15) is 9.18 Å². The smallest absolute Gasteiger partial charge is 0.273 e. The van der Waals surface area contributed by atoms with E-state index in [0.29, 0.717) is 29.6 Å². The van der Waals surface area contributed by atoms with Crippen LogP contribution in [0.1, 0.15) is 41.0 Å². The van der Waals surface area contributed by atoms with Crippen molar-refractivity contribution in [2.24, 2.45) is 0 Å². The summed E-state index contributed by atoms with van der Waals surface area (Å²) >= 11 is 6.06. The summed E-state index contributed by atoms with van der Waals surface area (Å²) in [5.41, 5.74) is 11.1. The minimum absolute atomic E-state index is 0.0347. The van der Waals surface area contributed by atoms with Gasteiger partial charge in [-0.25, -0.2) is 14.4 Å². The van der Waals surface area contributed by atoms with Gasteiger partial charge in [0.2, 0.25) is 5.95 Å². The van der Waals surface area contributed by atoms with Crippen molar-refractivity contribution in [3.8, 4) is 11.1 Å². The molecule has 5 nitrogen and oxygen atoms in total. The van der Waals surface area contributed by atoms with E-state index in [2.05, 4.69) is 9.97 Å². The molecule has 2 heterocycles. The van der Waals surface area contributed by atoms with Crippen LogP contribution in [-0.4, -0.2) is 20.8 Å². The zero-order valence-electron chi connectivity index (χ0n) is 18.5. The zero-order chi connectivity index (χ0) is 23.5. The molecule has 7 heteroatoms. The Morgan fingerprint density at radius 1 is 1.03 bits per heavy atom. The second kappa shape index (κ2) is 9.55. The first kappa shape index (κ1) is 22.7. The molecule has 1 amide bonds. The lowest BCUT2D eigenvalue weighted by molar-refractivity contribution is 0.0747. The molecule has 2 N–H and O–H groups in total. The number of rotatable bonds is 3. The van der Waals surface area contributed by atoms with Crippen LogP contribution in [0, 0.1) is 5.82 Å². The number of alkyl halides is 1. The number of nitrogens with zero attached hydrogens (tertiary/aromatic N) is 3. The molecular weight excluding hydrogens is 439 g/mol. The molecule has 4 aromatic rings. The van der Waals surface area contributed by atoms with Crippen LogP contribution in [0.2, 0.25) is 0 Å². The van der Waals surface area contributed by atoms with Crippen LogP contribution in [0.3, 0.4) is 0 Å². The highest BCUT2D eigenvalue weighted by Gasteiger charge is 2.27.